The van der Waals surface area contributed by atoms with Gasteiger partial charge in [0.05, 0.1) is 5.60 Å². The molecule has 0 radical (unpaired) electrons. The summed E-state index contributed by atoms with van der Waals surface area (Å²) >= 11 is 0. The minimum atomic E-state index is -0.571. The fourth-order valence-electron chi connectivity index (χ4n) is 4.62. The average Bonchev–Trinajstić information content (AvgIpc) is 2.56. The van der Waals surface area contributed by atoms with Crippen molar-refractivity contribution in [3.05, 3.63) is 41.0 Å². The molecule has 4 rings (SSSR count). The molecule has 1 heterocycles. The fourth-order valence-corrected chi connectivity index (χ4v) is 4.62. The predicted molar refractivity (Wildman–Crippen MR) is 99.8 cm³/mol. The molecule has 2 nitrogen and oxygen atoms in total. The van der Waals surface area contributed by atoms with Gasteiger partial charge in [-0.15, -0.1) is 0 Å². The SMILES string of the molecule is OC1(c2ccc(C=C3CCN(C4CCC4)CC3)cc2)CCCCC1. The van der Waals surface area contributed by atoms with E-state index in [1.165, 1.54) is 57.2 Å². The van der Waals surface area contributed by atoms with E-state index in [1.54, 1.807) is 5.57 Å². The van der Waals surface area contributed by atoms with Crippen LogP contribution in [0.3, 0.4) is 0 Å². The Morgan fingerprint density at radius 2 is 1.58 bits per heavy atom. The first-order valence-corrected chi connectivity index (χ1v) is 9.99. The molecule has 0 atom stereocenters. The zero-order valence-corrected chi connectivity index (χ0v) is 14.8. The minimum absolute atomic E-state index is 0.571. The van der Waals surface area contributed by atoms with Crippen LogP contribution < -0.4 is 0 Å². The van der Waals surface area contributed by atoms with Gasteiger partial charge in [-0.25, -0.2) is 0 Å². The van der Waals surface area contributed by atoms with Crippen molar-refractivity contribution in [2.45, 2.75) is 75.9 Å². The largest absolute Gasteiger partial charge is 0.385 e. The molecule has 0 spiro atoms. The Hall–Kier alpha value is -1.12. The smallest absolute Gasteiger partial charge is 0.0896 e. The van der Waals surface area contributed by atoms with Gasteiger partial charge in [0.2, 0.25) is 0 Å². The van der Waals surface area contributed by atoms with Gasteiger partial charge < -0.3 is 5.11 Å². The zero-order chi connectivity index (χ0) is 16.4. The first kappa shape index (κ1) is 16.4. The molecular formula is C22H31NO. The van der Waals surface area contributed by atoms with E-state index in [2.05, 4.69) is 35.2 Å². The minimum Gasteiger partial charge on any atom is -0.385 e. The molecule has 1 aromatic rings. The maximum atomic E-state index is 10.8. The van der Waals surface area contributed by atoms with E-state index < -0.39 is 5.60 Å². The lowest BCUT2D eigenvalue weighted by molar-refractivity contribution is -0.000625. The van der Waals surface area contributed by atoms with Gasteiger partial charge in [0.1, 0.15) is 0 Å². The van der Waals surface area contributed by atoms with Crippen molar-refractivity contribution in [2.75, 3.05) is 13.1 Å². The van der Waals surface area contributed by atoms with E-state index in [0.717, 1.165) is 37.3 Å². The molecule has 1 aromatic carbocycles. The maximum absolute atomic E-state index is 10.8. The zero-order valence-electron chi connectivity index (χ0n) is 14.8. The Bertz CT molecular complexity index is 568. The van der Waals surface area contributed by atoms with Gasteiger partial charge in [0.15, 0.2) is 0 Å². The summed E-state index contributed by atoms with van der Waals surface area (Å²) in [7, 11) is 0. The van der Waals surface area contributed by atoms with Gasteiger partial charge in [-0.1, -0.05) is 61.6 Å². The number of hydrogen-bond donors (Lipinski definition) is 1. The predicted octanol–water partition coefficient (Wildman–Crippen LogP) is 4.87. The Morgan fingerprint density at radius 3 is 2.17 bits per heavy atom. The summed E-state index contributed by atoms with van der Waals surface area (Å²) in [5.74, 6) is 0. The quantitative estimate of drug-likeness (QED) is 0.857. The lowest BCUT2D eigenvalue weighted by atomic mass is 9.79. The number of aliphatic hydroxyl groups is 1. The van der Waals surface area contributed by atoms with Crippen LogP contribution in [0.15, 0.2) is 29.8 Å². The molecule has 2 heteroatoms. The molecule has 3 aliphatic rings. The molecular weight excluding hydrogens is 294 g/mol. The Balaban J connectivity index is 1.38. The van der Waals surface area contributed by atoms with Crippen LogP contribution in [0.25, 0.3) is 6.08 Å². The topological polar surface area (TPSA) is 23.5 Å². The number of benzene rings is 1. The average molecular weight is 325 g/mol. The number of piperidine rings is 1. The van der Waals surface area contributed by atoms with Crippen LogP contribution in [0.2, 0.25) is 0 Å². The number of nitrogens with zero attached hydrogens (tertiary/aromatic N) is 1. The van der Waals surface area contributed by atoms with E-state index >= 15 is 0 Å². The van der Waals surface area contributed by atoms with E-state index in [1.807, 2.05) is 0 Å². The number of likely N-dealkylation sites (tertiary alicyclic amines) is 1. The van der Waals surface area contributed by atoms with Crippen LogP contribution in [-0.2, 0) is 5.60 Å². The monoisotopic (exact) mass is 325 g/mol. The third-order valence-electron chi connectivity index (χ3n) is 6.53. The summed E-state index contributed by atoms with van der Waals surface area (Å²) in [5, 5.41) is 10.8. The second-order valence-corrected chi connectivity index (χ2v) is 8.14. The first-order chi connectivity index (χ1) is 11.7. The summed E-state index contributed by atoms with van der Waals surface area (Å²) in [4.78, 5) is 2.70. The van der Waals surface area contributed by atoms with Crippen molar-refractivity contribution in [3.63, 3.8) is 0 Å². The van der Waals surface area contributed by atoms with Crippen molar-refractivity contribution in [1.29, 1.82) is 0 Å². The molecule has 1 saturated heterocycles. The second-order valence-electron chi connectivity index (χ2n) is 8.14. The number of rotatable bonds is 3. The summed E-state index contributed by atoms with van der Waals surface area (Å²) in [6, 6.07) is 9.60. The van der Waals surface area contributed by atoms with E-state index in [4.69, 9.17) is 0 Å². The standard InChI is InChI=1S/C22H31NO/c24-22(13-2-1-3-14-22)20-9-7-18(8-10-20)17-19-11-15-23(16-12-19)21-5-4-6-21/h7-10,17,21,24H,1-6,11-16H2. The van der Waals surface area contributed by atoms with Crippen molar-refractivity contribution < 1.29 is 5.11 Å². The summed E-state index contributed by atoms with van der Waals surface area (Å²) in [5.41, 5.74) is 3.43. The highest BCUT2D eigenvalue weighted by atomic mass is 16.3. The molecule has 1 aliphatic heterocycles. The summed E-state index contributed by atoms with van der Waals surface area (Å²) in [6.45, 7) is 2.49. The third kappa shape index (κ3) is 3.45. The molecule has 0 bridgehead atoms. The first-order valence-electron chi connectivity index (χ1n) is 9.99. The van der Waals surface area contributed by atoms with Gasteiger partial charge in [0.25, 0.3) is 0 Å². The van der Waals surface area contributed by atoms with Crippen LogP contribution >= 0.6 is 0 Å². The van der Waals surface area contributed by atoms with Crippen LogP contribution in [0, 0.1) is 0 Å². The van der Waals surface area contributed by atoms with Crippen LogP contribution in [-0.4, -0.2) is 29.1 Å². The van der Waals surface area contributed by atoms with Crippen LogP contribution in [0.4, 0.5) is 0 Å². The number of hydrogen-bond acceptors (Lipinski definition) is 2. The van der Waals surface area contributed by atoms with Gasteiger partial charge in [-0.2, -0.15) is 0 Å². The van der Waals surface area contributed by atoms with Gasteiger partial charge >= 0.3 is 0 Å². The van der Waals surface area contributed by atoms with Crippen molar-refractivity contribution in [2.24, 2.45) is 0 Å². The molecule has 0 unspecified atom stereocenters. The molecule has 0 aromatic heterocycles. The Kier molecular flexibility index (Phi) is 4.78. The molecule has 0 amide bonds. The maximum Gasteiger partial charge on any atom is 0.0896 e. The lowest BCUT2D eigenvalue weighted by Gasteiger charge is -2.40. The highest BCUT2D eigenvalue weighted by molar-refractivity contribution is 5.54. The highest BCUT2D eigenvalue weighted by Crippen LogP contribution is 2.37. The van der Waals surface area contributed by atoms with Crippen molar-refractivity contribution >= 4 is 6.08 Å². The van der Waals surface area contributed by atoms with Crippen LogP contribution in [0.5, 0.6) is 0 Å². The van der Waals surface area contributed by atoms with E-state index in [0.29, 0.717) is 0 Å². The molecule has 130 valence electrons. The molecule has 3 fully saturated rings. The highest BCUT2D eigenvalue weighted by Gasteiger charge is 2.31. The van der Waals surface area contributed by atoms with Gasteiger partial charge in [0, 0.05) is 19.1 Å². The molecule has 24 heavy (non-hydrogen) atoms. The summed E-state index contributed by atoms with van der Waals surface area (Å²) < 4.78 is 0. The van der Waals surface area contributed by atoms with Crippen molar-refractivity contribution in [1.82, 2.24) is 4.90 Å². The van der Waals surface area contributed by atoms with Gasteiger partial charge in [-0.3, -0.25) is 4.90 Å². The van der Waals surface area contributed by atoms with Crippen molar-refractivity contribution in [3.8, 4) is 0 Å². The van der Waals surface area contributed by atoms with E-state index in [-0.39, 0.29) is 0 Å². The third-order valence-corrected chi connectivity index (χ3v) is 6.53. The van der Waals surface area contributed by atoms with Crippen LogP contribution in [0.1, 0.15) is 75.3 Å². The van der Waals surface area contributed by atoms with Gasteiger partial charge in [-0.05, 0) is 49.7 Å². The fraction of sp³-hybridized carbons (Fsp3) is 0.636. The second kappa shape index (κ2) is 7.01. The van der Waals surface area contributed by atoms with E-state index in [9.17, 15) is 5.11 Å². The molecule has 1 N–H and O–H groups in total. The normalized spacial score (nSPS) is 25.3. The summed E-state index contributed by atoms with van der Waals surface area (Å²) in [6.07, 6.45) is 14.5. The Morgan fingerprint density at radius 1 is 0.917 bits per heavy atom. The Labute approximate surface area is 146 Å². The molecule has 2 aliphatic carbocycles. The molecule has 2 saturated carbocycles. The lowest BCUT2D eigenvalue weighted by Crippen LogP contribution is -2.43.